The van der Waals surface area contributed by atoms with Crippen LogP contribution < -0.4 is 5.32 Å². The molecule has 24 heavy (non-hydrogen) atoms. The Labute approximate surface area is 142 Å². The summed E-state index contributed by atoms with van der Waals surface area (Å²) in [6, 6.07) is 17.2. The third-order valence-corrected chi connectivity index (χ3v) is 4.54. The molecule has 0 saturated carbocycles. The number of fused-ring (bicyclic) bond motifs is 1. The lowest BCUT2D eigenvalue weighted by atomic mass is 10.2. The molecule has 1 aromatic carbocycles. The molecule has 0 atom stereocenters. The van der Waals surface area contributed by atoms with Crippen LogP contribution >= 0.6 is 11.3 Å². The van der Waals surface area contributed by atoms with Crippen LogP contribution in [0.3, 0.4) is 0 Å². The molecular weight excluding hydrogens is 320 g/mol. The topological polar surface area (TPSA) is 59.8 Å². The first-order valence-electron chi connectivity index (χ1n) is 7.51. The van der Waals surface area contributed by atoms with Gasteiger partial charge in [0, 0.05) is 16.3 Å². The Kier molecular flexibility index (Phi) is 3.80. The number of para-hydroxylation sites is 1. The van der Waals surface area contributed by atoms with Crippen molar-refractivity contribution < 1.29 is 4.79 Å². The molecule has 118 valence electrons. The molecule has 0 fully saturated rings. The zero-order valence-corrected chi connectivity index (χ0v) is 13.5. The van der Waals surface area contributed by atoms with Gasteiger partial charge in [0.15, 0.2) is 0 Å². The molecule has 0 unspecified atom stereocenters. The first kappa shape index (κ1) is 14.6. The van der Waals surface area contributed by atoms with Gasteiger partial charge in [0.25, 0.3) is 5.91 Å². The van der Waals surface area contributed by atoms with Gasteiger partial charge in [0.1, 0.15) is 11.5 Å². The molecule has 4 aromatic rings. The second-order valence-corrected chi connectivity index (χ2v) is 6.33. The fourth-order valence-electron chi connectivity index (χ4n) is 2.49. The van der Waals surface area contributed by atoms with Gasteiger partial charge in [-0.1, -0.05) is 30.3 Å². The van der Waals surface area contributed by atoms with Gasteiger partial charge in [-0.3, -0.25) is 4.79 Å². The lowest BCUT2D eigenvalue weighted by Gasteiger charge is -2.08. The number of nitrogens with zero attached hydrogens (tertiary/aromatic N) is 3. The number of hydrogen-bond acceptors (Lipinski definition) is 4. The summed E-state index contributed by atoms with van der Waals surface area (Å²) in [5.74, 6) is 0.414. The zero-order valence-electron chi connectivity index (χ0n) is 12.7. The number of nitrogens with one attached hydrogen (secondary N) is 1. The van der Waals surface area contributed by atoms with Crippen LogP contribution in [0.5, 0.6) is 0 Å². The molecule has 0 spiro atoms. The van der Waals surface area contributed by atoms with Gasteiger partial charge in [-0.2, -0.15) is 5.10 Å². The van der Waals surface area contributed by atoms with Crippen molar-refractivity contribution in [2.75, 3.05) is 5.32 Å². The molecule has 4 rings (SSSR count). The Hall–Kier alpha value is -2.99. The molecule has 0 aliphatic carbocycles. The molecule has 0 saturated heterocycles. The summed E-state index contributed by atoms with van der Waals surface area (Å²) in [7, 11) is 0. The van der Waals surface area contributed by atoms with E-state index < -0.39 is 0 Å². The smallest absolute Gasteiger partial charge is 0.275 e. The first-order valence-corrected chi connectivity index (χ1v) is 8.39. The van der Waals surface area contributed by atoms with E-state index in [-0.39, 0.29) is 5.91 Å². The SMILES string of the molecule is O=C(Nc1ccnn1Cc1cccs1)c1ccc2ccccc2n1. The Morgan fingerprint density at radius 1 is 1.08 bits per heavy atom. The van der Waals surface area contributed by atoms with E-state index in [4.69, 9.17) is 0 Å². The molecular formula is C18H14N4OS. The number of thiophene rings is 1. The molecule has 0 bridgehead atoms. The average Bonchev–Trinajstić information content (AvgIpc) is 3.27. The standard InChI is InChI=1S/C18H14N4OS/c23-18(16-8-7-13-4-1-2-6-15(13)20-16)21-17-9-10-19-22(17)12-14-5-3-11-24-14/h1-11H,12H2,(H,21,23). The van der Waals surface area contributed by atoms with Crippen molar-refractivity contribution in [2.45, 2.75) is 6.54 Å². The largest absolute Gasteiger partial charge is 0.305 e. The summed E-state index contributed by atoms with van der Waals surface area (Å²) < 4.78 is 1.77. The monoisotopic (exact) mass is 334 g/mol. The van der Waals surface area contributed by atoms with Crippen molar-refractivity contribution in [1.29, 1.82) is 0 Å². The van der Waals surface area contributed by atoms with Crippen LogP contribution in [0.2, 0.25) is 0 Å². The zero-order chi connectivity index (χ0) is 16.4. The quantitative estimate of drug-likeness (QED) is 0.617. The number of pyridine rings is 1. The van der Waals surface area contributed by atoms with Gasteiger partial charge < -0.3 is 5.32 Å². The lowest BCUT2D eigenvalue weighted by Crippen LogP contribution is -2.17. The summed E-state index contributed by atoms with van der Waals surface area (Å²) in [4.78, 5) is 18.1. The highest BCUT2D eigenvalue weighted by Gasteiger charge is 2.12. The molecule has 1 N–H and O–H groups in total. The van der Waals surface area contributed by atoms with Crippen molar-refractivity contribution in [1.82, 2.24) is 14.8 Å². The maximum Gasteiger partial charge on any atom is 0.275 e. The highest BCUT2D eigenvalue weighted by atomic mass is 32.1. The van der Waals surface area contributed by atoms with Crippen LogP contribution in [-0.2, 0) is 6.54 Å². The van der Waals surface area contributed by atoms with Crippen LogP contribution in [-0.4, -0.2) is 20.7 Å². The normalized spacial score (nSPS) is 10.8. The van der Waals surface area contributed by atoms with E-state index in [2.05, 4.69) is 15.4 Å². The number of anilines is 1. The summed E-state index contributed by atoms with van der Waals surface area (Å²) in [6.45, 7) is 0.630. The lowest BCUT2D eigenvalue weighted by molar-refractivity contribution is 0.102. The van der Waals surface area contributed by atoms with Crippen molar-refractivity contribution in [2.24, 2.45) is 0 Å². The predicted octanol–water partition coefficient (Wildman–Crippen LogP) is 3.79. The summed E-state index contributed by atoms with van der Waals surface area (Å²) in [5, 5.41) is 10.2. The Bertz CT molecular complexity index is 991. The number of benzene rings is 1. The van der Waals surface area contributed by atoms with Crippen molar-refractivity contribution in [3.63, 3.8) is 0 Å². The minimum absolute atomic E-state index is 0.242. The summed E-state index contributed by atoms with van der Waals surface area (Å²) in [5.41, 5.74) is 1.19. The van der Waals surface area contributed by atoms with Gasteiger partial charge in [0.2, 0.25) is 0 Å². The van der Waals surface area contributed by atoms with E-state index in [0.29, 0.717) is 18.1 Å². The van der Waals surface area contributed by atoms with Gasteiger partial charge in [-0.25, -0.2) is 9.67 Å². The molecule has 5 nitrogen and oxygen atoms in total. The summed E-state index contributed by atoms with van der Waals surface area (Å²) >= 11 is 1.66. The second kappa shape index (κ2) is 6.25. The Morgan fingerprint density at radius 2 is 2.00 bits per heavy atom. The van der Waals surface area contributed by atoms with E-state index in [1.807, 2.05) is 47.8 Å². The number of rotatable bonds is 4. The van der Waals surface area contributed by atoms with Gasteiger partial charge >= 0.3 is 0 Å². The minimum atomic E-state index is -0.242. The van der Waals surface area contributed by atoms with Crippen LogP contribution in [0.4, 0.5) is 5.82 Å². The van der Waals surface area contributed by atoms with Gasteiger partial charge in [-0.15, -0.1) is 11.3 Å². The number of aromatic nitrogens is 3. The number of carbonyl (C=O) groups excluding carboxylic acids is 1. The second-order valence-electron chi connectivity index (χ2n) is 5.30. The maximum atomic E-state index is 12.5. The van der Waals surface area contributed by atoms with Crippen molar-refractivity contribution in [3.8, 4) is 0 Å². The van der Waals surface area contributed by atoms with Crippen LogP contribution in [0.25, 0.3) is 10.9 Å². The molecule has 3 aromatic heterocycles. The molecule has 0 aliphatic rings. The highest BCUT2D eigenvalue weighted by Crippen LogP contribution is 2.16. The van der Waals surface area contributed by atoms with E-state index in [1.165, 1.54) is 4.88 Å². The van der Waals surface area contributed by atoms with E-state index in [0.717, 1.165) is 10.9 Å². The van der Waals surface area contributed by atoms with Crippen LogP contribution in [0, 0.1) is 0 Å². The maximum absolute atomic E-state index is 12.5. The first-order chi connectivity index (χ1) is 11.8. The summed E-state index contributed by atoms with van der Waals surface area (Å²) in [6.07, 6.45) is 1.68. The van der Waals surface area contributed by atoms with Crippen LogP contribution in [0.1, 0.15) is 15.4 Å². The van der Waals surface area contributed by atoms with Gasteiger partial charge in [-0.05, 0) is 23.6 Å². The van der Waals surface area contributed by atoms with Crippen molar-refractivity contribution >= 4 is 34.0 Å². The third-order valence-electron chi connectivity index (χ3n) is 3.67. The van der Waals surface area contributed by atoms with Gasteiger partial charge in [0.05, 0.1) is 18.3 Å². The molecule has 0 radical (unpaired) electrons. The van der Waals surface area contributed by atoms with E-state index in [1.54, 1.807) is 34.3 Å². The fourth-order valence-corrected chi connectivity index (χ4v) is 3.17. The number of carbonyl (C=O) groups is 1. The number of hydrogen-bond donors (Lipinski definition) is 1. The van der Waals surface area contributed by atoms with E-state index in [9.17, 15) is 4.79 Å². The predicted molar refractivity (Wildman–Crippen MR) is 95.3 cm³/mol. The fraction of sp³-hybridized carbons (Fsp3) is 0.0556. The highest BCUT2D eigenvalue weighted by molar-refractivity contribution is 7.09. The van der Waals surface area contributed by atoms with Crippen molar-refractivity contribution in [3.05, 3.63) is 76.7 Å². The number of amides is 1. The van der Waals surface area contributed by atoms with E-state index >= 15 is 0 Å². The van der Waals surface area contributed by atoms with Crippen LogP contribution in [0.15, 0.2) is 66.2 Å². The molecule has 3 heterocycles. The Balaban J connectivity index is 1.56. The Morgan fingerprint density at radius 3 is 2.88 bits per heavy atom. The molecule has 6 heteroatoms. The minimum Gasteiger partial charge on any atom is -0.305 e. The molecule has 0 aliphatic heterocycles. The average molecular weight is 334 g/mol. The third kappa shape index (κ3) is 2.91. The molecule has 1 amide bonds.